The third-order valence-corrected chi connectivity index (χ3v) is 3.39. The van der Waals surface area contributed by atoms with Crippen LogP contribution in [0.5, 0.6) is 5.75 Å². The van der Waals surface area contributed by atoms with Crippen molar-refractivity contribution in [2.75, 3.05) is 6.61 Å². The van der Waals surface area contributed by atoms with E-state index in [1.54, 1.807) is 18.2 Å². The Morgan fingerprint density at radius 1 is 1.33 bits per heavy atom. The summed E-state index contributed by atoms with van der Waals surface area (Å²) in [7, 11) is 0. The Morgan fingerprint density at radius 3 is 2.86 bits per heavy atom. The molecule has 2 aromatic rings. The quantitative estimate of drug-likeness (QED) is 0.880. The topological polar surface area (TPSA) is 53.1 Å². The average Bonchev–Trinajstić information content (AvgIpc) is 2.84. The SMILES string of the molecule is NCc1ccc2c(c1)OCCCn1cc(C(F)(F)F)nc1-2. The van der Waals surface area contributed by atoms with Gasteiger partial charge in [0.2, 0.25) is 0 Å². The smallest absolute Gasteiger partial charge is 0.434 e. The van der Waals surface area contributed by atoms with E-state index in [-0.39, 0.29) is 5.82 Å². The maximum absolute atomic E-state index is 12.8. The van der Waals surface area contributed by atoms with Gasteiger partial charge in [0, 0.05) is 19.3 Å². The lowest BCUT2D eigenvalue weighted by atomic mass is 10.1. The summed E-state index contributed by atoms with van der Waals surface area (Å²) in [6.45, 7) is 1.23. The van der Waals surface area contributed by atoms with E-state index in [4.69, 9.17) is 10.5 Å². The molecule has 7 heteroatoms. The zero-order valence-corrected chi connectivity index (χ0v) is 11.2. The molecule has 112 valence electrons. The van der Waals surface area contributed by atoms with E-state index >= 15 is 0 Å². The van der Waals surface area contributed by atoms with Crippen molar-refractivity contribution in [2.45, 2.75) is 25.7 Å². The molecule has 0 atom stereocenters. The van der Waals surface area contributed by atoms with E-state index in [1.165, 1.54) is 4.57 Å². The molecular formula is C14H14F3N3O. The van der Waals surface area contributed by atoms with Gasteiger partial charge in [0.1, 0.15) is 11.6 Å². The van der Waals surface area contributed by atoms with Crippen LogP contribution in [0.4, 0.5) is 13.2 Å². The molecule has 0 fully saturated rings. The monoisotopic (exact) mass is 297 g/mol. The number of hydrogen-bond acceptors (Lipinski definition) is 3. The van der Waals surface area contributed by atoms with Gasteiger partial charge in [0.25, 0.3) is 0 Å². The van der Waals surface area contributed by atoms with Gasteiger partial charge in [-0.15, -0.1) is 0 Å². The molecule has 21 heavy (non-hydrogen) atoms. The van der Waals surface area contributed by atoms with Crippen LogP contribution in [0.15, 0.2) is 24.4 Å². The number of nitrogens with zero attached hydrogens (tertiary/aromatic N) is 2. The van der Waals surface area contributed by atoms with Crippen LogP contribution in [0, 0.1) is 0 Å². The molecule has 0 spiro atoms. The maximum atomic E-state index is 12.8. The van der Waals surface area contributed by atoms with Crippen molar-refractivity contribution in [3.63, 3.8) is 0 Å². The third kappa shape index (κ3) is 2.61. The van der Waals surface area contributed by atoms with Crippen LogP contribution in [-0.2, 0) is 19.3 Å². The number of aryl methyl sites for hydroxylation is 1. The number of fused-ring (bicyclic) bond motifs is 3. The molecule has 1 aliphatic rings. The number of aromatic nitrogens is 2. The van der Waals surface area contributed by atoms with Crippen LogP contribution >= 0.6 is 0 Å². The molecule has 0 saturated carbocycles. The first-order valence-electron chi connectivity index (χ1n) is 6.59. The Hall–Kier alpha value is -2.02. The van der Waals surface area contributed by atoms with Crippen LogP contribution in [0.2, 0.25) is 0 Å². The minimum absolute atomic E-state index is 0.278. The van der Waals surface area contributed by atoms with Crippen molar-refractivity contribution in [3.05, 3.63) is 35.7 Å². The molecule has 1 aromatic heterocycles. The summed E-state index contributed by atoms with van der Waals surface area (Å²) in [6.07, 6.45) is -2.78. The summed E-state index contributed by atoms with van der Waals surface area (Å²) in [4.78, 5) is 3.75. The number of rotatable bonds is 1. The molecule has 1 aromatic carbocycles. The predicted molar refractivity (Wildman–Crippen MR) is 70.7 cm³/mol. The fraction of sp³-hybridized carbons (Fsp3) is 0.357. The van der Waals surface area contributed by atoms with Gasteiger partial charge in [-0.1, -0.05) is 6.07 Å². The van der Waals surface area contributed by atoms with Gasteiger partial charge in [-0.25, -0.2) is 4.98 Å². The highest BCUT2D eigenvalue weighted by atomic mass is 19.4. The Labute approximate surface area is 119 Å². The second-order valence-electron chi connectivity index (χ2n) is 4.88. The summed E-state index contributed by atoms with van der Waals surface area (Å²) in [5.74, 6) is 0.804. The minimum atomic E-state index is -4.45. The standard InChI is InChI=1S/C14H14F3N3O/c15-14(16,17)12-8-20-4-1-5-21-11-6-9(7-18)2-3-10(11)13(20)19-12/h2-3,6,8H,1,4-5,7,18H2. The van der Waals surface area contributed by atoms with E-state index in [0.717, 1.165) is 11.8 Å². The number of hydrogen-bond donors (Lipinski definition) is 1. The average molecular weight is 297 g/mol. The van der Waals surface area contributed by atoms with Gasteiger partial charge in [0.05, 0.1) is 12.2 Å². The van der Waals surface area contributed by atoms with Gasteiger partial charge >= 0.3 is 6.18 Å². The molecule has 0 amide bonds. The van der Waals surface area contributed by atoms with Crippen LogP contribution in [0.3, 0.4) is 0 Å². The summed E-state index contributed by atoms with van der Waals surface area (Å²) in [5, 5.41) is 0. The first-order valence-corrected chi connectivity index (χ1v) is 6.59. The summed E-state index contributed by atoms with van der Waals surface area (Å²) in [6, 6.07) is 5.24. The lowest BCUT2D eigenvalue weighted by Crippen LogP contribution is -2.10. The Balaban J connectivity index is 2.15. The Morgan fingerprint density at radius 2 is 2.14 bits per heavy atom. The Bertz CT molecular complexity index is 664. The van der Waals surface area contributed by atoms with Gasteiger partial charge in [-0.3, -0.25) is 0 Å². The molecule has 2 heterocycles. The normalized spacial score (nSPS) is 14.7. The van der Waals surface area contributed by atoms with Crippen molar-refractivity contribution in [1.82, 2.24) is 9.55 Å². The van der Waals surface area contributed by atoms with Gasteiger partial charge < -0.3 is 15.0 Å². The summed E-state index contributed by atoms with van der Waals surface area (Å²) in [5.41, 5.74) is 6.12. The van der Waals surface area contributed by atoms with Gasteiger partial charge in [-0.2, -0.15) is 13.2 Å². The minimum Gasteiger partial charge on any atom is -0.493 e. The molecule has 3 rings (SSSR count). The van der Waals surface area contributed by atoms with Crippen molar-refractivity contribution in [3.8, 4) is 17.1 Å². The third-order valence-electron chi connectivity index (χ3n) is 3.39. The fourth-order valence-corrected chi connectivity index (χ4v) is 2.35. The largest absolute Gasteiger partial charge is 0.493 e. The predicted octanol–water partition coefficient (Wildman–Crippen LogP) is 2.81. The van der Waals surface area contributed by atoms with Crippen LogP contribution in [-0.4, -0.2) is 16.2 Å². The van der Waals surface area contributed by atoms with Gasteiger partial charge in [-0.05, 0) is 24.1 Å². The molecule has 0 unspecified atom stereocenters. The fourth-order valence-electron chi connectivity index (χ4n) is 2.35. The zero-order valence-electron chi connectivity index (χ0n) is 11.2. The van der Waals surface area contributed by atoms with E-state index < -0.39 is 11.9 Å². The molecule has 0 aliphatic carbocycles. The van der Waals surface area contributed by atoms with E-state index in [9.17, 15) is 13.2 Å². The van der Waals surface area contributed by atoms with Crippen LogP contribution < -0.4 is 10.5 Å². The molecule has 0 bridgehead atoms. The van der Waals surface area contributed by atoms with Crippen molar-refractivity contribution >= 4 is 0 Å². The van der Waals surface area contributed by atoms with Crippen molar-refractivity contribution < 1.29 is 17.9 Å². The first-order chi connectivity index (χ1) is 9.99. The van der Waals surface area contributed by atoms with E-state index in [0.29, 0.717) is 37.4 Å². The second kappa shape index (κ2) is 5.07. The maximum Gasteiger partial charge on any atom is 0.434 e. The molecular weight excluding hydrogens is 283 g/mol. The highest BCUT2D eigenvalue weighted by molar-refractivity contribution is 5.66. The number of benzene rings is 1. The van der Waals surface area contributed by atoms with Crippen molar-refractivity contribution in [1.29, 1.82) is 0 Å². The first kappa shape index (κ1) is 13.9. The summed E-state index contributed by atoms with van der Waals surface area (Å²) < 4.78 is 45.7. The zero-order chi connectivity index (χ0) is 15.0. The van der Waals surface area contributed by atoms with Crippen molar-refractivity contribution in [2.24, 2.45) is 5.73 Å². The number of halogens is 3. The molecule has 0 radical (unpaired) electrons. The molecule has 2 N–H and O–H groups in total. The van der Waals surface area contributed by atoms with E-state index in [1.807, 2.05) is 0 Å². The van der Waals surface area contributed by atoms with Crippen LogP contribution in [0.25, 0.3) is 11.4 Å². The highest BCUT2D eigenvalue weighted by Crippen LogP contribution is 2.36. The lowest BCUT2D eigenvalue weighted by molar-refractivity contribution is -0.140. The number of imidazole rings is 1. The molecule has 0 saturated heterocycles. The Kier molecular flexibility index (Phi) is 3.36. The number of nitrogens with two attached hydrogens (primary N) is 1. The number of ether oxygens (including phenoxy) is 1. The lowest BCUT2D eigenvalue weighted by Gasteiger charge is -2.17. The number of alkyl halides is 3. The highest BCUT2D eigenvalue weighted by Gasteiger charge is 2.35. The molecule has 4 nitrogen and oxygen atoms in total. The van der Waals surface area contributed by atoms with E-state index in [2.05, 4.69) is 4.98 Å². The summed E-state index contributed by atoms with van der Waals surface area (Å²) >= 11 is 0. The molecule has 1 aliphatic heterocycles. The second-order valence-corrected chi connectivity index (χ2v) is 4.88. The van der Waals surface area contributed by atoms with Crippen LogP contribution in [0.1, 0.15) is 17.7 Å². The van der Waals surface area contributed by atoms with Gasteiger partial charge in [0.15, 0.2) is 5.69 Å².